The number of hydrogen-bond donors (Lipinski definition) is 1. The van der Waals surface area contributed by atoms with E-state index in [1.54, 1.807) is 0 Å². The van der Waals surface area contributed by atoms with Crippen LogP contribution >= 0.6 is 23.4 Å². The van der Waals surface area contributed by atoms with E-state index >= 15 is 0 Å². The molecule has 0 unspecified atom stereocenters. The van der Waals surface area contributed by atoms with Gasteiger partial charge in [-0.1, -0.05) is 36.2 Å². The van der Waals surface area contributed by atoms with Gasteiger partial charge in [0.25, 0.3) is 0 Å². The SMILES string of the molecule is O=C(CSc1nnc2c(Cl)cc(C(F)(F)F)cn12)NC1CCCC1. The molecule has 0 saturated heterocycles. The number of carbonyl (C=O) groups excluding carboxylic acids is 1. The minimum atomic E-state index is -4.52. The zero-order valence-electron chi connectivity index (χ0n) is 12.4. The number of halogens is 4. The lowest BCUT2D eigenvalue weighted by atomic mass is 10.2. The molecule has 2 aromatic heterocycles. The molecule has 0 atom stereocenters. The number of nitrogens with one attached hydrogen (secondary N) is 1. The number of carbonyl (C=O) groups is 1. The van der Waals surface area contributed by atoms with Crippen LogP contribution in [0.1, 0.15) is 31.2 Å². The molecule has 3 rings (SSSR count). The molecule has 0 radical (unpaired) electrons. The van der Waals surface area contributed by atoms with Crippen LogP contribution in [-0.2, 0) is 11.0 Å². The highest BCUT2D eigenvalue weighted by Crippen LogP contribution is 2.33. The first kappa shape index (κ1) is 17.3. The Labute approximate surface area is 145 Å². The van der Waals surface area contributed by atoms with Crippen molar-refractivity contribution in [1.29, 1.82) is 0 Å². The van der Waals surface area contributed by atoms with Crippen molar-refractivity contribution in [3.05, 3.63) is 22.8 Å². The number of alkyl halides is 3. The second kappa shape index (κ2) is 6.79. The van der Waals surface area contributed by atoms with Crippen molar-refractivity contribution in [3.8, 4) is 0 Å². The summed E-state index contributed by atoms with van der Waals surface area (Å²) in [5.74, 6) is -0.104. The molecule has 1 amide bonds. The first-order valence-corrected chi connectivity index (χ1v) is 8.74. The molecule has 1 saturated carbocycles. The maximum Gasteiger partial charge on any atom is 0.417 e. The van der Waals surface area contributed by atoms with Gasteiger partial charge >= 0.3 is 6.18 Å². The number of thioether (sulfide) groups is 1. The van der Waals surface area contributed by atoms with Crippen molar-refractivity contribution in [2.24, 2.45) is 0 Å². The highest BCUT2D eigenvalue weighted by atomic mass is 35.5. The van der Waals surface area contributed by atoms with Crippen molar-refractivity contribution in [2.75, 3.05) is 5.75 Å². The van der Waals surface area contributed by atoms with Gasteiger partial charge in [-0.2, -0.15) is 13.2 Å². The average molecular weight is 379 g/mol. The van der Waals surface area contributed by atoms with Gasteiger partial charge in [0.15, 0.2) is 10.8 Å². The van der Waals surface area contributed by atoms with E-state index in [-0.39, 0.29) is 33.5 Å². The van der Waals surface area contributed by atoms with E-state index in [9.17, 15) is 18.0 Å². The molecule has 0 aliphatic heterocycles. The third-order valence-corrected chi connectivity index (χ3v) is 5.03. The van der Waals surface area contributed by atoms with Crippen molar-refractivity contribution in [3.63, 3.8) is 0 Å². The monoisotopic (exact) mass is 378 g/mol. The van der Waals surface area contributed by atoms with E-state index in [2.05, 4.69) is 15.5 Å². The molecule has 0 spiro atoms. The third-order valence-electron chi connectivity index (χ3n) is 3.81. The van der Waals surface area contributed by atoms with Gasteiger partial charge in [0.2, 0.25) is 5.91 Å². The predicted octanol–water partition coefficient (Wildman–Crippen LogP) is 3.55. The molecule has 0 bridgehead atoms. The maximum atomic E-state index is 12.9. The standard InChI is InChI=1S/C14H14ClF3N4OS/c15-10-5-8(14(16,17)18)6-22-12(10)20-21-13(22)24-7-11(23)19-9-3-1-2-4-9/h5-6,9H,1-4,7H2,(H,19,23). The van der Waals surface area contributed by atoms with Crippen LogP contribution in [0, 0.1) is 0 Å². The van der Waals surface area contributed by atoms with Crippen LogP contribution < -0.4 is 5.32 Å². The number of hydrogen-bond acceptors (Lipinski definition) is 4. The summed E-state index contributed by atoms with van der Waals surface area (Å²) >= 11 is 6.87. The van der Waals surface area contributed by atoms with Crippen LogP contribution in [0.2, 0.25) is 5.02 Å². The van der Waals surface area contributed by atoms with Gasteiger partial charge in [0.05, 0.1) is 16.3 Å². The van der Waals surface area contributed by atoms with Gasteiger partial charge in [-0.3, -0.25) is 9.20 Å². The predicted molar refractivity (Wildman–Crippen MR) is 84.1 cm³/mol. The van der Waals surface area contributed by atoms with Crippen LogP contribution in [0.4, 0.5) is 13.2 Å². The van der Waals surface area contributed by atoms with E-state index in [0.29, 0.717) is 0 Å². The van der Waals surface area contributed by atoms with E-state index in [0.717, 1.165) is 49.7 Å². The van der Waals surface area contributed by atoms with E-state index in [1.807, 2.05) is 0 Å². The normalized spacial score (nSPS) is 16.0. The van der Waals surface area contributed by atoms with E-state index in [1.165, 1.54) is 4.40 Å². The smallest absolute Gasteiger partial charge is 0.353 e. The molecule has 2 aromatic rings. The Morgan fingerprint density at radius 3 is 2.75 bits per heavy atom. The molecule has 1 fully saturated rings. The van der Waals surface area contributed by atoms with Gasteiger partial charge in [-0.15, -0.1) is 10.2 Å². The Morgan fingerprint density at radius 2 is 2.08 bits per heavy atom. The van der Waals surface area contributed by atoms with Gasteiger partial charge in [0.1, 0.15) is 0 Å². The Balaban J connectivity index is 1.74. The van der Waals surface area contributed by atoms with Crippen molar-refractivity contribution in [1.82, 2.24) is 19.9 Å². The lowest BCUT2D eigenvalue weighted by molar-refractivity contribution is -0.137. The highest BCUT2D eigenvalue weighted by Gasteiger charge is 2.32. The summed E-state index contributed by atoms with van der Waals surface area (Å²) in [5.41, 5.74) is -0.763. The molecule has 1 aliphatic carbocycles. The second-order valence-electron chi connectivity index (χ2n) is 5.59. The Hall–Kier alpha value is -1.48. The molecule has 5 nitrogen and oxygen atoms in total. The molecular weight excluding hydrogens is 365 g/mol. The number of pyridine rings is 1. The fourth-order valence-electron chi connectivity index (χ4n) is 2.66. The first-order chi connectivity index (χ1) is 11.3. The third kappa shape index (κ3) is 3.77. The zero-order chi connectivity index (χ0) is 17.3. The van der Waals surface area contributed by atoms with Gasteiger partial charge in [0, 0.05) is 12.2 Å². The zero-order valence-corrected chi connectivity index (χ0v) is 14.0. The number of rotatable bonds is 4. The number of aromatic nitrogens is 3. The van der Waals surface area contributed by atoms with Crippen LogP contribution in [0.25, 0.3) is 5.65 Å². The second-order valence-corrected chi connectivity index (χ2v) is 6.94. The Kier molecular flexibility index (Phi) is 4.91. The topological polar surface area (TPSA) is 59.3 Å². The molecular formula is C14H14ClF3N4OS. The van der Waals surface area contributed by atoms with E-state index < -0.39 is 11.7 Å². The number of fused-ring (bicyclic) bond motifs is 1. The summed E-state index contributed by atoms with van der Waals surface area (Å²) < 4.78 is 39.8. The van der Waals surface area contributed by atoms with E-state index in [4.69, 9.17) is 11.6 Å². The molecule has 130 valence electrons. The Morgan fingerprint density at radius 1 is 1.38 bits per heavy atom. The first-order valence-electron chi connectivity index (χ1n) is 7.38. The van der Waals surface area contributed by atoms with Crippen LogP contribution in [-0.4, -0.2) is 32.3 Å². The van der Waals surface area contributed by atoms with Crippen LogP contribution in [0.5, 0.6) is 0 Å². The van der Waals surface area contributed by atoms with Gasteiger partial charge < -0.3 is 5.32 Å². The Bertz CT molecular complexity index is 758. The molecule has 1 N–H and O–H groups in total. The van der Waals surface area contributed by atoms with Crippen LogP contribution in [0.3, 0.4) is 0 Å². The van der Waals surface area contributed by atoms with Crippen molar-refractivity contribution in [2.45, 2.75) is 43.1 Å². The fourth-order valence-corrected chi connectivity index (χ4v) is 3.62. The molecule has 0 aromatic carbocycles. The maximum absolute atomic E-state index is 12.9. The lowest BCUT2D eigenvalue weighted by Crippen LogP contribution is -2.33. The summed E-state index contributed by atoms with van der Waals surface area (Å²) in [7, 11) is 0. The molecule has 10 heteroatoms. The minimum Gasteiger partial charge on any atom is -0.353 e. The summed E-state index contributed by atoms with van der Waals surface area (Å²) in [4.78, 5) is 11.9. The largest absolute Gasteiger partial charge is 0.417 e. The van der Waals surface area contributed by atoms with Gasteiger partial charge in [-0.05, 0) is 18.9 Å². The minimum absolute atomic E-state index is 0.0607. The van der Waals surface area contributed by atoms with Crippen LogP contribution in [0.15, 0.2) is 17.4 Å². The fraction of sp³-hybridized carbons (Fsp3) is 0.500. The highest BCUT2D eigenvalue weighted by molar-refractivity contribution is 7.99. The number of amides is 1. The molecule has 24 heavy (non-hydrogen) atoms. The molecule has 2 heterocycles. The van der Waals surface area contributed by atoms with Crippen molar-refractivity contribution < 1.29 is 18.0 Å². The van der Waals surface area contributed by atoms with Crippen molar-refractivity contribution >= 4 is 34.9 Å². The number of nitrogens with zero attached hydrogens (tertiary/aromatic N) is 3. The summed E-state index contributed by atoms with van der Waals surface area (Å²) in [5, 5.41) is 10.6. The summed E-state index contributed by atoms with van der Waals surface area (Å²) in [6.07, 6.45) is 0.503. The van der Waals surface area contributed by atoms with Gasteiger partial charge in [-0.25, -0.2) is 0 Å². The quantitative estimate of drug-likeness (QED) is 0.826. The summed E-state index contributed by atoms with van der Waals surface area (Å²) in [6.45, 7) is 0. The lowest BCUT2D eigenvalue weighted by Gasteiger charge is -2.11. The average Bonchev–Trinajstić information content (AvgIpc) is 3.13. The molecule has 1 aliphatic rings. The summed E-state index contributed by atoms with van der Waals surface area (Å²) in [6, 6.07) is 1.01.